The Bertz CT molecular complexity index is 1220. The van der Waals surface area contributed by atoms with Crippen LogP contribution in [0.15, 0.2) is 46.8 Å². The summed E-state index contributed by atoms with van der Waals surface area (Å²) < 4.78 is 1.42. The minimum atomic E-state index is -0.162. The van der Waals surface area contributed by atoms with Crippen LogP contribution in [0.25, 0.3) is 20.7 Å². The van der Waals surface area contributed by atoms with Crippen molar-refractivity contribution in [1.29, 1.82) is 0 Å². The number of carbonyl (C=O) groups is 1. The molecule has 4 nitrogen and oxygen atoms in total. The molecule has 0 saturated heterocycles. The maximum Gasteiger partial charge on any atom is 0.263 e. The number of rotatable bonds is 4. The van der Waals surface area contributed by atoms with Crippen molar-refractivity contribution in [3.05, 3.63) is 74.0 Å². The fraction of sp³-hybridized carbons (Fsp3) is 0.190. The van der Waals surface area contributed by atoms with Crippen molar-refractivity contribution in [2.45, 2.75) is 27.3 Å². The van der Waals surface area contributed by atoms with E-state index in [1.165, 1.54) is 22.2 Å². The van der Waals surface area contributed by atoms with Gasteiger partial charge in [0.1, 0.15) is 4.83 Å². The summed E-state index contributed by atoms with van der Waals surface area (Å²) in [6.07, 6.45) is 1.48. The van der Waals surface area contributed by atoms with Crippen molar-refractivity contribution in [1.82, 2.24) is 9.55 Å². The zero-order chi connectivity index (χ0) is 19.1. The normalized spacial score (nSPS) is 11.2. The molecule has 136 valence electrons. The molecule has 0 amide bonds. The Morgan fingerprint density at radius 1 is 1.15 bits per heavy atom. The number of hydrogen-bond acceptors (Lipinski definition) is 5. The smallest absolute Gasteiger partial charge is 0.263 e. The van der Waals surface area contributed by atoms with Gasteiger partial charge in [-0.05, 0) is 49.4 Å². The number of nitrogens with zero attached hydrogens (tertiary/aromatic N) is 2. The Morgan fingerprint density at radius 2 is 1.96 bits per heavy atom. The first-order chi connectivity index (χ1) is 13.0. The van der Waals surface area contributed by atoms with Gasteiger partial charge in [0.15, 0.2) is 5.78 Å². The lowest BCUT2D eigenvalue weighted by Gasteiger charge is -2.07. The molecule has 3 aromatic heterocycles. The number of aryl methyl sites for hydroxylation is 3. The predicted octanol–water partition coefficient (Wildman–Crippen LogP) is 4.99. The summed E-state index contributed by atoms with van der Waals surface area (Å²) >= 11 is 3.12. The molecule has 0 N–H and O–H groups in total. The van der Waals surface area contributed by atoms with Gasteiger partial charge in [0, 0.05) is 20.9 Å². The highest BCUT2D eigenvalue weighted by Crippen LogP contribution is 2.37. The molecule has 4 rings (SSSR count). The first kappa shape index (κ1) is 17.8. The van der Waals surface area contributed by atoms with Gasteiger partial charge in [-0.3, -0.25) is 14.2 Å². The highest BCUT2D eigenvalue weighted by Gasteiger charge is 2.18. The lowest BCUT2D eigenvalue weighted by Crippen LogP contribution is -2.24. The number of aromatic nitrogens is 2. The Kier molecular flexibility index (Phi) is 4.53. The van der Waals surface area contributed by atoms with Crippen molar-refractivity contribution >= 4 is 38.7 Å². The molecule has 0 aliphatic carbocycles. The summed E-state index contributed by atoms with van der Waals surface area (Å²) in [5, 5.41) is 2.60. The van der Waals surface area contributed by atoms with Crippen LogP contribution in [0.3, 0.4) is 0 Å². The van der Waals surface area contributed by atoms with Gasteiger partial charge in [0.05, 0.1) is 18.3 Å². The van der Waals surface area contributed by atoms with Crippen molar-refractivity contribution in [3.8, 4) is 10.4 Å². The van der Waals surface area contributed by atoms with E-state index in [-0.39, 0.29) is 17.9 Å². The molecule has 0 bridgehead atoms. The highest BCUT2D eigenvalue weighted by atomic mass is 32.1. The maximum absolute atomic E-state index is 13.1. The Morgan fingerprint density at radius 3 is 2.67 bits per heavy atom. The van der Waals surface area contributed by atoms with Gasteiger partial charge in [-0.2, -0.15) is 0 Å². The van der Waals surface area contributed by atoms with Crippen LogP contribution < -0.4 is 5.56 Å². The quantitative estimate of drug-likeness (QED) is 0.458. The molecule has 0 saturated carbocycles. The average molecular weight is 395 g/mol. The van der Waals surface area contributed by atoms with Crippen molar-refractivity contribution in [3.63, 3.8) is 0 Å². The summed E-state index contributed by atoms with van der Waals surface area (Å²) in [6, 6.07) is 9.61. The third kappa shape index (κ3) is 3.15. The van der Waals surface area contributed by atoms with E-state index in [2.05, 4.69) is 4.98 Å². The standard InChI is InChI=1S/C21H18N2O2S2/c1-12-6-7-15(9-13(12)2)16(24)10-23-11-22-20-19(21(23)25)18(14(3)27-20)17-5-4-8-26-17/h4-9,11H,10H2,1-3H3. The van der Waals surface area contributed by atoms with Crippen LogP contribution in [0.2, 0.25) is 0 Å². The van der Waals surface area contributed by atoms with E-state index in [4.69, 9.17) is 0 Å². The second-order valence-corrected chi connectivity index (χ2v) is 8.74. The monoisotopic (exact) mass is 394 g/mol. The van der Waals surface area contributed by atoms with Crippen molar-refractivity contribution < 1.29 is 4.79 Å². The van der Waals surface area contributed by atoms with Crippen molar-refractivity contribution in [2.24, 2.45) is 0 Å². The second-order valence-electron chi connectivity index (χ2n) is 6.59. The fourth-order valence-corrected chi connectivity index (χ4v) is 5.02. The van der Waals surface area contributed by atoms with Gasteiger partial charge in [0.25, 0.3) is 5.56 Å². The van der Waals surface area contributed by atoms with E-state index in [1.807, 2.05) is 56.5 Å². The van der Waals surface area contributed by atoms with E-state index >= 15 is 0 Å². The van der Waals surface area contributed by atoms with Crippen LogP contribution in [-0.4, -0.2) is 15.3 Å². The first-order valence-corrected chi connectivity index (χ1v) is 10.3. The third-order valence-corrected chi connectivity index (χ3v) is 6.67. The van der Waals surface area contributed by atoms with Crippen LogP contribution in [0.5, 0.6) is 0 Å². The molecule has 4 aromatic rings. The molecule has 0 spiro atoms. The predicted molar refractivity (Wildman–Crippen MR) is 112 cm³/mol. The molecule has 0 unspecified atom stereocenters. The number of benzene rings is 1. The summed E-state index contributed by atoms with van der Waals surface area (Å²) in [7, 11) is 0. The minimum absolute atomic E-state index is 0.0109. The molecule has 0 aliphatic rings. The van der Waals surface area contributed by atoms with Gasteiger partial charge >= 0.3 is 0 Å². The van der Waals surface area contributed by atoms with E-state index in [9.17, 15) is 9.59 Å². The average Bonchev–Trinajstić information content (AvgIpc) is 3.27. The molecule has 1 aromatic carbocycles. The molecule has 27 heavy (non-hydrogen) atoms. The van der Waals surface area contributed by atoms with E-state index < -0.39 is 0 Å². The fourth-order valence-electron chi connectivity index (χ4n) is 3.13. The Hall–Kier alpha value is -2.57. The molecular weight excluding hydrogens is 376 g/mol. The van der Waals surface area contributed by atoms with E-state index in [0.29, 0.717) is 10.9 Å². The summed E-state index contributed by atoms with van der Waals surface area (Å²) in [5.74, 6) is -0.0917. The minimum Gasteiger partial charge on any atom is -0.292 e. The molecule has 0 atom stereocenters. The molecule has 0 fully saturated rings. The second kappa shape index (κ2) is 6.87. The molecule has 0 aliphatic heterocycles. The number of Topliss-reactive ketones (excluding diaryl/α,β-unsaturated/α-hetero) is 1. The Balaban J connectivity index is 1.78. The van der Waals surface area contributed by atoms with Crippen molar-refractivity contribution in [2.75, 3.05) is 0 Å². The Labute approximate surface area is 164 Å². The number of carbonyl (C=O) groups excluding carboxylic acids is 1. The zero-order valence-corrected chi connectivity index (χ0v) is 16.9. The molecule has 6 heteroatoms. The van der Waals surface area contributed by atoms with Gasteiger partial charge in [-0.1, -0.05) is 18.2 Å². The SMILES string of the molecule is Cc1ccc(C(=O)Cn2cnc3sc(C)c(-c4cccs4)c3c2=O)cc1C. The number of hydrogen-bond donors (Lipinski definition) is 0. The number of fused-ring (bicyclic) bond motifs is 1. The molecular formula is C21H18N2O2S2. The first-order valence-electron chi connectivity index (χ1n) is 8.58. The summed E-state index contributed by atoms with van der Waals surface area (Å²) in [4.78, 5) is 33.1. The summed E-state index contributed by atoms with van der Waals surface area (Å²) in [6.45, 7) is 5.98. The lowest BCUT2D eigenvalue weighted by molar-refractivity contribution is 0.0970. The van der Waals surface area contributed by atoms with Gasteiger partial charge in [0.2, 0.25) is 0 Å². The summed E-state index contributed by atoms with van der Waals surface area (Å²) in [5.41, 5.74) is 3.60. The number of ketones is 1. The van der Waals surface area contributed by atoms with Gasteiger partial charge < -0.3 is 0 Å². The van der Waals surface area contributed by atoms with E-state index in [0.717, 1.165) is 31.3 Å². The molecule has 0 radical (unpaired) electrons. The van der Waals surface area contributed by atoms with Crippen LogP contribution in [0, 0.1) is 20.8 Å². The highest BCUT2D eigenvalue weighted by molar-refractivity contribution is 7.20. The lowest BCUT2D eigenvalue weighted by atomic mass is 10.0. The molecule has 3 heterocycles. The third-order valence-electron chi connectivity index (χ3n) is 4.77. The van der Waals surface area contributed by atoms with E-state index in [1.54, 1.807) is 11.3 Å². The van der Waals surface area contributed by atoms with Gasteiger partial charge in [-0.15, -0.1) is 22.7 Å². The van der Waals surface area contributed by atoms with Gasteiger partial charge in [-0.25, -0.2) is 4.98 Å². The topological polar surface area (TPSA) is 52.0 Å². The number of thiophene rings is 2. The van der Waals surface area contributed by atoms with Crippen LogP contribution in [0.1, 0.15) is 26.4 Å². The van der Waals surface area contributed by atoms with Crippen LogP contribution in [0.4, 0.5) is 0 Å². The largest absolute Gasteiger partial charge is 0.292 e. The van der Waals surface area contributed by atoms with Crippen LogP contribution in [-0.2, 0) is 6.54 Å². The maximum atomic E-state index is 13.1. The zero-order valence-electron chi connectivity index (χ0n) is 15.3. The van der Waals surface area contributed by atoms with Crippen LogP contribution >= 0.6 is 22.7 Å².